The molecule has 3 rings (SSSR count). The minimum Gasteiger partial charge on any atom is -0.359 e. The van der Waals surface area contributed by atoms with Crippen LogP contribution in [-0.4, -0.2) is 11.5 Å². The van der Waals surface area contributed by atoms with E-state index in [4.69, 9.17) is 0 Å². The molecule has 2 aromatic carbocycles. The van der Waals surface area contributed by atoms with Gasteiger partial charge in [0.15, 0.2) is 0 Å². The summed E-state index contributed by atoms with van der Waals surface area (Å²) in [5.74, 6) is 0. The topological polar surface area (TPSA) is 46.4 Å². The second-order valence-corrected chi connectivity index (χ2v) is 6.07. The molecule has 0 radical (unpaired) electrons. The van der Waals surface area contributed by atoms with Gasteiger partial charge < -0.3 is 4.90 Å². The van der Waals surface area contributed by atoms with Crippen molar-refractivity contribution in [3.05, 3.63) is 68.7 Å². The van der Waals surface area contributed by atoms with Gasteiger partial charge in [-0.2, -0.15) is 0 Å². The fraction of sp³-hybridized carbons (Fsp3) is 0.250. The standard InChI is InChI=1S/C16H15BrN2O2/c17-13-8-9-15(16(11-13)19(20)21)18-10-4-7-14(18)12-5-2-1-3-6-12/h1-3,5-6,8-9,11,14H,4,7,10H2. The number of nitro groups is 1. The first kappa shape index (κ1) is 14.1. The molecule has 1 fully saturated rings. The van der Waals surface area contributed by atoms with Crippen molar-refractivity contribution in [3.63, 3.8) is 0 Å². The van der Waals surface area contributed by atoms with Crippen LogP contribution in [0.1, 0.15) is 24.4 Å². The Morgan fingerprint density at radius 1 is 1.19 bits per heavy atom. The maximum absolute atomic E-state index is 11.3. The molecule has 1 atom stereocenters. The number of benzene rings is 2. The molecular formula is C16H15BrN2O2. The van der Waals surface area contributed by atoms with Gasteiger partial charge in [0.1, 0.15) is 5.69 Å². The number of anilines is 1. The number of hydrogen-bond acceptors (Lipinski definition) is 3. The molecule has 0 bridgehead atoms. The van der Waals surface area contributed by atoms with Crippen molar-refractivity contribution in [3.8, 4) is 0 Å². The zero-order valence-electron chi connectivity index (χ0n) is 11.4. The molecule has 1 aliphatic heterocycles. The van der Waals surface area contributed by atoms with Crippen molar-refractivity contribution in [1.29, 1.82) is 0 Å². The smallest absolute Gasteiger partial charge is 0.293 e. The van der Waals surface area contributed by atoms with Gasteiger partial charge >= 0.3 is 0 Å². The first-order chi connectivity index (χ1) is 10.2. The van der Waals surface area contributed by atoms with E-state index in [1.807, 2.05) is 30.3 Å². The Morgan fingerprint density at radius 3 is 2.67 bits per heavy atom. The minimum absolute atomic E-state index is 0.159. The van der Waals surface area contributed by atoms with Crippen LogP contribution >= 0.6 is 15.9 Å². The summed E-state index contributed by atoms with van der Waals surface area (Å²) in [6.07, 6.45) is 2.07. The van der Waals surface area contributed by atoms with E-state index in [-0.39, 0.29) is 16.7 Å². The molecule has 2 aromatic rings. The Kier molecular flexibility index (Phi) is 3.92. The number of halogens is 1. The molecule has 1 unspecified atom stereocenters. The fourth-order valence-corrected chi connectivity index (χ4v) is 3.31. The average molecular weight is 347 g/mol. The van der Waals surface area contributed by atoms with Crippen molar-refractivity contribution in [2.45, 2.75) is 18.9 Å². The van der Waals surface area contributed by atoms with E-state index in [0.717, 1.165) is 23.9 Å². The molecule has 0 aromatic heterocycles. The molecule has 1 heterocycles. The van der Waals surface area contributed by atoms with E-state index < -0.39 is 0 Å². The van der Waals surface area contributed by atoms with Gasteiger partial charge in [0, 0.05) is 17.1 Å². The van der Waals surface area contributed by atoms with Crippen molar-refractivity contribution in [1.82, 2.24) is 0 Å². The highest BCUT2D eigenvalue weighted by Gasteiger charge is 2.30. The van der Waals surface area contributed by atoms with Crippen LogP contribution in [0.5, 0.6) is 0 Å². The van der Waals surface area contributed by atoms with Gasteiger partial charge in [0.2, 0.25) is 0 Å². The van der Waals surface area contributed by atoms with Crippen molar-refractivity contribution < 1.29 is 4.92 Å². The minimum atomic E-state index is -0.305. The summed E-state index contributed by atoms with van der Waals surface area (Å²) in [6.45, 7) is 0.849. The molecule has 4 nitrogen and oxygen atoms in total. The Morgan fingerprint density at radius 2 is 1.95 bits per heavy atom. The van der Waals surface area contributed by atoms with Gasteiger partial charge in [0.25, 0.3) is 5.69 Å². The van der Waals surface area contributed by atoms with Crippen molar-refractivity contribution in [2.75, 3.05) is 11.4 Å². The van der Waals surface area contributed by atoms with E-state index >= 15 is 0 Å². The molecule has 0 aliphatic carbocycles. The van der Waals surface area contributed by atoms with E-state index in [1.54, 1.807) is 6.07 Å². The number of nitro benzene ring substituents is 1. The molecule has 0 spiro atoms. The monoisotopic (exact) mass is 346 g/mol. The van der Waals surface area contributed by atoms with Crippen LogP contribution in [0.25, 0.3) is 0 Å². The Balaban J connectivity index is 2.01. The zero-order valence-corrected chi connectivity index (χ0v) is 13.0. The van der Waals surface area contributed by atoms with E-state index in [9.17, 15) is 10.1 Å². The average Bonchev–Trinajstić information content (AvgIpc) is 2.97. The van der Waals surface area contributed by atoms with E-state index in [0.29, 0.717) is 5.69 Å². The third-order valence-corrected chi connectivity index (χ3v) is 4.37. The maximum atomic E-state index is 11.3. The Labute approximate surface area is 131 Å². The highest BCUT2D eigenvalue weighted by Crippen LogP contribution is 2.41. The van der Waals surface area contributed by atoms with Crippen LogP contribution in [0.3, 0.4) is 0 Å². The maximum Gasteiger partial charge on any atom is 0.293 e. The fourth-order valence-electron chi connectivity index (χ4n) is 2.96. The third kappa shape index (κ3) is 2.78. The lowest BCUT2D eigenvalue weighted by molar-refractivity contribution is -0.384. The predicted octanol–water partition coefficient (Wildman–Crippen LogP) is 4.70. The summed E-state index contributed by atoms with van der Waals surface area (Å²) in [4.78, 5) is 13.2. The summed E-state index contributed by atoms with van der Waals surface area (Å²) in [5.41, 5.74) is 2.08. The highest BCUT2D eigenvalue weighted by atomic mass is 79.9. The highest BCUT2D eigenvalue weighted by molar-refractivity contribution is 9.10. The van der Waals surface area contributed by atoms with E-state index in [2.05, 4.69) is 33.0 Å². The molecule has 1 saturated heterocycles. The van der Waals surface area contributed by atoms with Crippen LogP contribution in [0.2, 0.25) is 0 Å². The SMILES string of the molecule is O=[N+]([O-])c1cc(Br)ccc1N1CCCC1c1ccccc1. The Hall–Kier alpha value is -1.88. The van der Waals surface area contributed by atoms with Crippen LogP contribution in [-0.2, 0) is 0 Å². The normalized spacial score (nSPS) is 18.0. The number of hydrogen-bond donors (Lipinski definition) is 0. The van der Waals surface area contributed by atoms with Crippen LogP contribution in [0, 0.1) is 10.1 Å². The predicted molar refractivity (Wildman–Crippen MR) is 86.6 cm³/mol. The largest absolute Gasteiger partial charge is 0.359 e. The van der Waals surface area contributed by atoms with Crippen LogP contribution in [0.4, 0.5) is 11.4 Å². The van der Waals surface area contributed by atoms with Gasteiger partial charge in [-0.1, -0.05) is 46.3 Å². The van der Waals surface area contributed by atoms with Gasteiger partial charge in [-0.3, -0.25) is 10.1 Å². The van der Waals surface area contributed by atoms with E-state index in [1.165, 1.54) is 5.56 Å². The lowest BCUT2D eigenvalue weighted by Gasteiger charge is -2.27. The van der Waals surface area contributed by atoms with Gasteiger partial charge in [-0.25, -0.2) is 0 Å². The van der Waals surface area contributed by atoms with Gasteiger partial charge in [-0.05, 0) is 30.5 Å². The first-order valence-electron chi connectivity index (χ1n) is 6.92. The zero-order chi connectivity index (χ0) is 14.8. The lowest BCUT2D eigenvalue weighted by Crippen LogP contribution is -2.23. The van der Waals surface area contributed by atoms with Gasteiger partial charge in [0.05, 0.1) is 11.0 Å². The summed E-state index contributed by atoms with van der Waals surface area (Å²) in [5, 5.41) is 11.3. The summed E-state index contributed by atoms with van der Waals surface area (Å²) >= 11 is 3.31. The summed E-state index contributed by atoms with van der Waals surface area (Å²) in [7, 11) is 0. The lowest BCUT2D eigenvalue weighted by atomic mass is 10.0. The summed E-state index contributed by atoms with van der Waals surface area (Å²) in [6, 6.07) is 15.7. The molecule has 108 valence electrons. The van der Waals surface area contributed by atoms with Crippen LogP contribution in [0.15, 0.2) is 53.0 Å². The molecule has 21 heavy (non-hydrogen) atoms. The van der Waals surface area contributed by atoms with Crippen LogP contribution < -0.4 is 4.90 Å². The molecular weight excluding hydrogens is 332 g/mol. The number of rotatable bonds is 3. The van der Waals surface area contributed by atoms with Gasteiger partial charge in [-0.15, -0.1) is 0 Å². The molecule has 0 amide bonds. The number of nitrogens with zero attached hydrogens (tertiary/aromatic N) is 2. The third-order valence-electron chi connectivity index (χ3n) is 3.88. The molecule has 5 heteroatoms. The molecule has 1 aliphatic rings. The van der Waals surface area contributed by atoms with Crippen molar-refractivity contribution in [2.24, 2.45) is 0 Å². The summed E-state index contributed by atoms with van der Waals surface area (Å²) < 4.78 is 0.730. The second kappa shape index (κ2) is 5.85. The second-order valence-electron chi connectivity index (χ2n) is 5.15. The molecule has 0 N–H and O–H groups in total. The quantitative estimate of drug-likeness (QED) is 0.597. The molecule has 0 saturated carbocycles. The first-order valence-corrected chi connectivity index (χ1v) is 7.71. The van der Waals surface area contributed by atoms with Crippen molar-refractivity contribution >= 4 is 27.3 Å². The Bertz CT molecular complexity index is 661.